The Balaban J connectivity index is 2.09. The van der Waals surface area contributed by atoms with E-state index < -0.39 is 0 Å². The lowest BCUT2D eigenvalue weighted by Crippen LogP contribution is -2.63. The number of amides is 1. The molecule has 3 heteroatoms. The molecule has 1 saturated heterocycles. The molecule has 1 aliphatic heterocycles. The summed E-state index contributed by atoms with van der Waals surface area (Å²) in [7, 11) is 0. The Morgan fingerprint density at radius 3 is 2.39 bits per heavy atom. The number of unbranched alkanes of at least 4 members (excludes halogenated alkanes) is 1. The molecule has 132 valence electrons. The van der Waals surface area contributed by atoms with E-state index in [0.29, 0.717) is 24.3 Å². The second-order valence-corrected chi connectivity index (χ2v) is 8.87. The van der Waals surface area contributed by atoms with Gasteiger partial charge in [-0.05, 0) is 65.7 Å². The number of carbonyl (C=O) groups is 1. The number of hydrogen-bond acceptors (Lipinski definition) is 2. The lowest BCUT2D eigenvalue weighted by atomic mass is 9.78. The van der Waals surface area contributed by atoms with Crippen LogP contribution in [-0.4, -0.2) is 34.5 Å². The van der Waals surface area contributed by atoms with Crippen LogP contribution in [0.3, 0.4) is 0 Å². The van der Waals surface area contributed by atoms with E-state index in [2.05, 4.69) is 57.0 Å². The highest BCUT2D eigenvalue weighted by molar-refractivity contribution is 5.77. The van der Waals surface area contributed by atoms with Crippen LogP contribution in [0.25, 0.3) is 0 Å². The number of nitrogens with one attached hydrogen (secondary N) is 1. The molecule has 1 aliphatic carbocycles. The summed E-state index contributed by atoms with van der Waals surface area (Å²) in [6, 6.07) is 0.366. The number of carbonyl (C=O) groups excluding carboxylic acids is 1. The molecule has 1 fully saturated rings. The van der Waals surface area contributed by atoms with Gasteiger partial charge in [-0.2, -0.15) is 0 Å². The van der Waals surface area contributed by atoms with Crippen molar-refractivity contribution < 1.29 is 4.79 Å². The summed E-state index contributed by atoms with van der Waals surface area (Å²) in [6.45, 7) is 12.2. The van der Waals surface area contributed by atoms with E-state index in [1.54, 1.807) is 0 Å². The van der Waals surface area contributed by atoms with Gasteiger partial charge in [0.15, 0.2) is 0 Å². The second-order valence-electron chi connectivity index (χ2n) is 8.87. The van der Waals surface area contributed by atoms with E-state index in [9.17, 15) is 4.79 Å². The number of allylic oxidation sites excluding steroid dienone is 2. The van der Waals surface area contributed by atoms with Crippen LogP contribution in [-0.2, 0) is 4.79 Å². The largest absolute Gasteiger partial charge is 0.340 e. The molecule has 0 radical (unpaired) electrons. The molecule has 1 unspecified atom stereocenters. The Hall–Kier alpha value is -0.830. The third-order valence-corrected chi connectivity index (χ3v) is 5.23. The summed E-state index contributed by atoms with van der Waals surface area (Å²) in [6.07, 6.45) is 11.8. The van der Waals surface area contributed by atoms with Crippen molar-refractivity contribution in [1.29, 1.82) is 0 Å². The topological polar surface area (TPSA) is 32.3 Å². The van der Waals surface area contributed by atoms with Crippen molar-refractivity contribution in [3.05, 3.63) is 12.2 Å². The lowest BCUT2D eigenvalue weighted by molar-refractivity contribution is -0.136. The van der Waals surface area contributed by atoms with Crippen molar-refractivity contribution >= 4 is 5.91 Å². The summed E-state index contributed by atoms with van der Waals surface area (Å²) < 4.78 is 0. The van der Waals surface area contributed by atoms with Gasteiger partial charge in [-0.3, -0.25) is 4.79 Å². The van der Waals surface area contributed by atoms with E-state index in [4.69, 9.17) is 0 Å². The first-order valence-electron chi connectivity index (χ1n) is 9.48. The maximum absolute atomic E-state index is 13.0. The van der Waals surface area contributed by atoms with Crippen molar-refractivity contribution in [3.8, 4) is 0 Å². The first kappa shape index (κ1) is 18.5. The molecular weight excluding hydrogens is 284 g/mol. The zero-order valence-corrected chi connectivity index (χ0v) is 15.8. The maximum atomic E-state index is 13.0. The van der Waals surface area contributed by atoms with E-state index >= 15 is 0 Å². The van der Waals surface area contributed by atoms with Crippen LogP contribution in [0.5, 0.6) is 0 Å². The van der Waals surface area contributed by atoms with Gasteiger partial charge < -0.3 is 10.2 Å². The average molecular weight is 321 g/mol. The van der Waals surface area contributed by atoms with Crippen LogP contribution >= 0.6 is 0 Å². The van der Waals surface area contributed by atoms with Gasteiger partial charge in [0.25, 0.3) is 0 Å². The van der Waals surface area contributed by atoms with Gasteiger partial charge >= 0.3 is 0 Å². The molecule has 0 bridgehead atoms. The molecule has 3 nitrogen and oxygen atoms in total. The quantitative estimate of drug-likeness (QED) is 0.741. The first-order chi connectivity index (χ1) is 10.7. The minimum atomic E-state index is 0.0877. The molecule has 2 aliphatic rings. The number of hydrogen-bond donors (Lipinski definition) is 1. The van der Waals surface area contributed by atoms with Gasteiger partial charge in [0.1, 0.15) is 0 Å². The van der Waals surface area contributed by atoms with Gasteiger partial charge in [0.2, 0.25) is 5.91 Å². The van der Waals surface area contributed by atoms with Gasteiger partial charge in [0.05, 0.1) is 0 Å². The number of piperidine rings is 1. The van der Waals surface area contributed by atoms with Crippen LogP contribution in [0, 0.1) is 5.92 Å². The molecule has 2 rings (SSSR count). The molecule has 23 heavy (non-hydrogen) atoms. The third kappa shape index (κ3) is 5.34. The molecule has 1 heterocycles. The predicted octanol–water partition coefficient (Wildman–Crippen LogP) is 4.28. The second kappa shape index (κ2) is 7.38. The first-order valence-corrected chi connectivity index (χ1v) is 9.48. The highest BCUT2D eigenvalue weighted by atomic mass is 16.2. The predicted molar refractivity (Wildman–Crippen MR) is 97.4 cm³/mol. The Labute approximate surface area is 142 Å². The van der Waals surface area contributed by atoms with Crippen molar-refractivity contribution in [1.82, 2.24) is 10.2 Å². The van der Waals surface area contributed by atoms with Gasteiger partial charge in [-0.1, -0.05) is 25.5 Å². The summed E-state index contributed by atoms with van der Waals surface area (Å²) in [5.74, 6) is 0.836. The van der Waals surface area contributed by atoms with E-state index in [0.717, 1.165) is 45.1 Å². The molecule has 1 amide bonds. The molecule has 0 aromatic carbocycles. The molecule has 1 N–H and O–H groups in total. The summed E-state index contributed by atoms with van der Waals surface area (Å²) in [4.78, 5) is 15.2. The van der Waals surface area contributed by atoms with E-state index in [1.807, 2.05) is 0 Å². The molecule has 0 spiro atoms. The average Bonchev–Trinajstić information content (AvgIpc) is 2.88. The minimum absolute atomic E-state index is 0.0877. The van der Waals surface area contributed by atoms with Crippen molar-refractivity contribution in [3.63, 3.8) is 0 Å². The molecule has 0 aromatic rings. The number of nitrogens with zero attached hydrogens (tertiary/aromatic N) is 1. The molecular formula is C20H36N2O. The van der Waals surface area contributed by atoms with E-state index in [1.165, 1.54) is 0 Å². The molecule has 0 aromatic heterocycles. The Kier molecular flexibility index (Phi) is 5.94. The fourth-order valence-electron chi connectivity index (χ4n) is 4.54. The molecule has 1 atom stereocenters. The zero-order valence-electron chi connectivity index (χ0n) is 15.8. The highest BCUT2D eigenvalue weighted by Crippen LogP contribution is 2.33. The normalized spacial score (nSPS) is 26.4. The fourth-order valence-corrected chi connectivity index (χ4v) is 4.54. The van der Waals surface area contributed by atoms with Crippen LogP contribution in [0.2, 0.25) is 0 Å². The van der Waals surface area contributed by atoms with Crippen LogP contribution < -0.4 is 5.32 Å². The van der Waals surface area contributed by atoms with E-state index in [-0.39, 0.29) is 11.1 Å². The van der Waals surface area contributed by atoms with Crippen LogP contribution in [0.4, 0.5) is 0 Å². The minimum Gasteiger partial charge on any atom is -0.340 e. The highest BCUT2D eigenvalue weighted by Gasteiger charge is 2.41. The summed E-state index contributed by atoms with van der Waals surface area (Å²) in [5.41, 5.74) is 0.175. The van der Waals surface area contributed by atoms with Crippen molar-refractivity contribution in [2.24, 2.45) is 5.92 Å². The summed E-state index contributed by atoms with van der Waals surface area (Å²) in [5, 5.41) is 3.74. The van der Waals surface area contributed by atoms with Crippen molar-refractivity contribution in [2.45, 2.75) is 96.7 Å². The van der Waals surface area contributed by atoms with Crippen LogP contribution in [0.15, 0.2) is 12.2 Å². The van der Waals surface area contributed by atoms with Gasteiger partial charge in [0, 0.05) is 30.1 Å². The Morgan fingerprint density at radius 2 is 1.87 bits per heavy atom. The van der Waals surface area contributed by atoms with Crippen molar-refractivity contribution in [2.75, 3.05) is 6.54 Å². The lowest BCUT2D eigenvalue weighted by Gasteiger charge is -2.49. The van der Waals surface area contributed by atoms with Crippen LogP contribution in [0.1, 0.15) is 79.6 Å². The maximum Gasteiger partial charge on any atom is 0.223 e. The standard InChI is InChI=1S/C20H36N2O/c1-6-7-12-22(18(23)13-16-10-8-9-11-16)17-14-19(2,3)21-20(4,5)15-17/h8,10,16-17,21H,6-7,9,11-15H2,1-5H3. The SMILES string of the molecule is CCCCN(C(=O)CC1C=CCC1)C1CC(C)(C)NC(C)(C)C1. The van der Waals surface area contributed by atoms with Gasteiger partial charge in [-0.15, -0.1) is 0 Å². The molecule has 0 saturated carbocycles. The monoisotopic (exact) mass is 320 g/mol. The third-order valence-electron chi connectivity index (χ3n) is 5.23. The smallest absolute Gasteiger partial charge is 0.223 e. The Bertz CT molecular complexity index is 423. The summed E-state index contributed by atoms with van der Waals surface area (Å²) >= 11 is 0. The zero-order chi connectivity index (χ0) is 17.1. The Morgan fingerprint density at radius 1 is 1.22 bits per heavy atom. The van der Waals surface area contributed by atoms with Gasteiger partial charge in [-0.25, -0.2) is 0 Å². The fraction of sp³-hybridized carbons (Fsp3) is 0.850. The number of rotatable bonds is 6.